The van der Waals surface area contributed by atoms with E-state index in [-0.39, 0.29) is 23.6 Å². The molecule has 2 aliphatic heterocycles. The third-order valence-electron chi connectivity index (χ3n) is 7.22. The number of carbonyl (C=O) groups is 2. The van der Waals surface area contributed by atoms with Crippen molar-refractivity contribution in [2.75, 3.05) is 37.7 Å². The number of rotatable bonds is 5. The molecule has 2 aromatic carbocycles. The third-order valence-corrected chi connectivity index (χ3v) is 7.22. The average molecular weight is 507 g/mol. The second-order valence-electron chi connectivity index (χ2n) is 9.52. The van der Waals surface area contributed by atoms with E-state index in [1.165, 1.54) is 18.3 Å². The number of anilines is 1. The van der Waals surface area contributed by atoms with Gasteiger partial charge in [0.2, 0.25) is 5.43 Å². The molecule has 1 aliphatic carbocycles. The molecule has 3 aliphatic rings. The Bertz CT molecular complexity index is 1550. The van der Waals surface area contributed by atoms with Gasteiger partial charge in [-0.15, -0.1) is 0 Å². The lowest BCUT2D eigenvalue weighted by Gasteiger charge is -2.38. The van der Waals surface area contributed by atoms with Crippen LogP contribution >= 0.6 is 0 Å². The number of carboxylic acids is 1. The maximum absolute atomic E-state index is 15.3. The Balaban J connectivity index is 1.31. The fourth-order valence-corrected chi connectivity index (χ4v) is 5.20. The summed E-state index contributed by atoms with van der Waals surface area (Å²) in [4.78, 5) is 40.6. The number of hydrogen-bond donors (Lipinski definition) is 1. The molecule has 6 rings (SSSR count). The average Bonchev–Trinajstić information content (AvgIpc) is 3.65. The van der Waals surface area contributed by atoms with E-state index in [0.29, 0.717) is 54.2 Å². The third kappa shape index (κ3) is 4.02. The predicted octanol–water partition coefficient (Wildman–Crippen LogP) is 3.40. The van der Waals surface area contributed by atoms with Crippen molar-refractivity contribution >= 4 is 34.1 Å². The fourth-order valence-electron chi connectivity index (χ4n) is 5.20. The second kappa shape index (κ2) is 8.72. The molecule has 2 fully saturated rings. The molecule has 1 aromatic heterocycles. The van der Waals surface area contributed by atoms with E-state index < -0.39 is 29.0 Å². The van der Waals surface area contributed by atoms with E-state index in [0.717, 1.165) is 18.9 Å². The van der Waals surface area contributed by atoms with Gasteiger partial charge in [-0.1, -0.05) is 12.1 Å². The summed E-state index contributed by atoms with van der Waals surface area (Å²) in [5.74, 6) is -2.87. The molecule has 0 atom stereocenters. The van der Waals surface area contributed by atoms with Gasteiger partial charge in [0.05, 0.1) is 22.5 Å². The normalized spacial score (nSPS) is 18.1. The first kappa shape index (κ1) is 23.2. The number of pyridine rings is 1. The summed E-state index contributed by atoms with van der Waals surface area (Å²) in [5, 5.41) is 9.50. The SMILES string of the molecule is O=C1OCC(N2CCN(c3cc4c(cc3F)c(=O)c(C(=O)O)cn4C3CC3)CC2)=C1c1cccc(F)c1. The first-order valence-electron chi connectivity index (χ1n) is 12.1. The molecule has 3 heterocycles. The molecule has 190 valence electrons. The molecule has 1 saturated heterocycles. The van der Waals surface area contributed by atoms with Gasteiger partial charge >= 0.3 is 11.9 Å². The number of carboxylic acid groups (broad SMARTS) is 1. The van der Waals surface area contributed by atoms with Crippen LogP contribution in [-0.4, -0.2) is 59.3 Å². The van der Waals surface area contributed by atoms with Gasteiger partial charge < -0.3 is 24.2 Å². The number of ether oxygens (including phenoxy) is 1. The molecule has 1 saturated carbocycles. The molecule has 0 radical (unpaired) electrons. The predicted molar refractivity (Wildman–Crippen MR) is 131 cm³/mol. The van der Waals surface area contributed by atoms with Gasteiger partial charge in [-0.3, -0.25) is 4.79 Å². The lowest BCUT2D eigenvalue weighted by atomic mass is 10.0. The van der Waals surface area contributed by atoms with Crippen LogP contribution in [0.4, 0.5) is 14.5 Å². The topological polar surface area (TPSA) is 92.1 Å². The standard InChI is InChI=1S/C27H23F2N3O5/c28-16-3-1-2-15(10-16)24-23(14-37-27(24)36)31-8-6-30(7-9-31)22-12-21-18(11-20(22)29)25(33)19(26(34)35)13-32(21)17-4-5-17/h1-3,10-13,17H,4-9,14H2,(H,34,35). The maximum Gasteiger partial charge on any atom is 0.341 e. The molecule has 0 spiro atoms. The Labute approximate surface area is 210 Å². The largest absolute Gasteiger partial charge is 0.477 e. The van der Waals surface area contributed by atoms with Gasteiger partial charge in [-0.25, -0.2) is 18.4 Å². The van der Waals surface area contributed by atoms with Gasteiger partial charge in [-0.2, -0.15) is 0 Å². The van der Waals surface area contributed by atoms with Crippen LogP contribution in [0.2, 0.25) is 0 Å². The maximum atomic E-state index is 15.3. The van der Waals surface area contributed by atoms with Crippen LogP contribution in [0.3, 0.4) is 0 Å². The van der Waals surface area contributed by atoms with Crippen molar-refractivity contribution < 1.29 is 28.2 Å². The zero-order valence-electron chi connectivity index (χ0n) is 19.7. The minimum atomic E-state index is -1.33. The number of carbonyl (C=O) groups excluding carboxylic acids is 1. The van der Waals surface area contributed by atoms with Crippen LogP contribution in [-0.2, 0) is 9.53 Å². The monoisotopic (exact) mass is 507 g/mol. The summed E-state index contributed by atoms with van der Waals surface area (Å²) >= 11 is 0. The fraction of sp³-hybridized carbons (Fsp3) is 0.296. The Hall–Kier alpha value is -4.21. The highest BCUT2D eigenvalue weighted by molar-refractivity contribution is 6.19. The molecule has 0 bridgehead atoms. The number of piperazine rings is 1. The first-order valence-corrected chi connectivity index (χ1v) is 12.1. The van der Waals surface area contributed by atoms with Gasteiger partial charge in [0.1, 0.15) is 23.8 Å². The van der Waals surface area contributed by atoms with Crippen molar-refractivity contribution in [2.24, 2.45) is 0 Å². The van der Waals surface area contributed by atoms with Crippen molar-refractivity contribution in [1.29, 1.82) is 0 Å². The van der Waals surface area contributed by atoms with E-state index in [2.05, 4.69) is 0 Å². The van der Waals surface area contributed by atoms with Gasteiger partial charge in [0.25, 0.3) is 0 Å². The van der Waals surface area contributed by atoms with Crippen molar-refractivity contribution in [3.05, 3.63) is 81.3 Å². The van der Waals surface area contributed by atoms with Crippen LogP contribution in [0.5, 0.6) is 0 Å². The summed E-state index contributed by atoms with van der Waals surface area (Å²) in [6, 6.07) is 8.68. The number of aromatic nitrogens is 1. The Morgan fingerprint density at radius 1 is 1.00 bits per heavy atom. The molecular formula is C27H23F2N3O5. The Morgan fingerprint density at radius 3 is 2.41 bits per heavy atom. The number of fused-ring (bicyclic) bond motifs is 1. The van der Waals surface area contributed by atoms with Crippen LogP contribution in [0.25, 0.3) is 16.5 Å². The highest BCUT2D eigenvalue weighted by Crippen LogP contribution is 2.38. The van der Waals surface area contributed by atoms with E-state index in [1.807, 2.05) is 9.80 Å². The number of halogens is 2. The lowest BCUT2D eigenvalue weighted by Crippen LogP contribution is -2.46. The zero-order chi connectivity index (χ0) is 25.8. The molecule has 3 aromatic rings. The van der Waals surface area contributed by atoms with Crippen LogP contribution in [0, 0.1) is 11.6 Å². The van der Waals surface area contributed by atoms with Gasteiger partial charge in [-0.05, 0) is 42.7 Å². The Kier molecular flexibility index (Phi) is 5.47. The van der Waals surface area contributed by atoms with Gasteiger partial charge in [0.15, 0.2) is 0 Å². The van der Waals surface area contributed by atoms with Crippen LogP contribution in [0.15, 0.2) is 53.1 Å². The quantitative estimate of drug-likeness (QED) is 0.530. The van der Waals surface area contributed by atoms with Gasteiger partial charge in [0, 0.05) is 43.8 Å². The van der Waals surface area contributed by atoms with Crippen molar-refractivity contribution in [2.45, 2.75) is 18.9 Å². The molecule has 37 heavy (non-hydrogen) atoms. The number of benzene rings is 2. The first-order chi connectivity index (χ1) is 17.8. The second-order valence-corrected chi connectivity index (χ2v) is 9.52. The zero-order valence-corrected chi connectivity index (χ0v) is 19.7. The molecule has 0 amide bonds. The molecule has 8 nitrogen and oxygen atoms in total. The number of esters is 1. The van der Waals surface area contributed by atoms with Crippen LogP contribution < -0.4 is 10.3 Å². The highest BCUT2D eigenvalue weighted by atomic mass is 19.1. The van der Waals surface area contributed by atoms with Crippen molar-refractivity contribution in [3.8, 4) is 0 Å². The van der Waals surface area contributed by atoms with E-state index >= 15 is 4.39 Å². The molecular weight excluding hydrogens is 484 g/mol. The number of cyclic esters (lactones) is 1. The number of nitrogens with zero attached hydrogens (tertiary/aromatic N) is 3. The molecule has 1 N–H and O–H groups in total. The Morgan fingerprint density at radius 2 is 1.73 bits per heavy atom. The minimum Gasteiger partial charge on any atom is -0.477 e. The van der Waals surface area contributed by atoms with Crippen LogP contribution in [0.1, 0.15) is 34.8 Å². The highest BCUT2D eigenvalue weighted by Gasteiger charge is 2.33. The van der Waals surface area contributed by atoms with E-state index in [1.54, 1.807) is 22.8 Å². The van der Waals surface area contributed by atoms with E-state index in [9.17, 15) is 23.9 Å². The molecule has 10 heteroatoms. The van der Waals surface area contributed by atoms with Crippen molar-refractivity contribution in [3.63, 3.8) is 0 Å². The van der Waals surface area contributed by atoms with Crippen molar-refractivity contribution in [1.82, 2.24) is 9.47 Å². The lowest BCUT2D eigenvalue weighted by molar-refractivity contribution is -0.134. The summed E-state index contributed by atoms with van der Waals surface area (Å²) < 4.78 is 36.1. The summed E-state index contributed by atoms with van der Waals surface area (Å²) in [6.07, 6.45) is 3.10. The van der Waals surface area contributed by atoms with E-state index in [4.69, 9.17) is 4.74 Å². The summed E-state index contributed by atoms with van der Waals surface area (Å²) in [6.45, 7) is 1.94. The summed E-state index contributed by atoms with van der Waals surface area (Å²) in [7, 11) is 0. The summed E-state index contributed by atoms with van der Waals surface area (Å²) in [5.41, 5.74) is 1.27. The number of hydrogen-bond acceptors (Lipinski definition) is 6. The number of aromatic carboxylic acids is 1. The minimum absolute atomic E-state index is 0.0539. The molecule has 0 unspecified atom stereocenters. The smallest absolute Gasteiger partial charge is 0.341 e.